The Morgan fingerprint density at radius 3 is 2.71 bits per heavy atom. The smallest absolute Gasteiger partial charge is 0.243 e. The third kappa shape index (κ3) is 2.42. The molecule has 1 heterocycles. The van der Waals surface area contributed by atoms with Crippen molar-refractivity contribution < 1.29 is 9.90 Å². The second-order valence-corrected chi connectivity index (χ2v) is 4.33. The van der Waals surface area contributed by atoms with Crippen LogP contribution in [0.4, 0.5) is 5.69 Å². The molecule has 1 aromatic rings. The number of anilines is 1. The second kappa shape index (κ2) is 5.19. The highest BCUT2D eigenvalue weighted by Crippen LogP contribution is 2.27. The van der Waals surface area contributed by atoms with E-state index in [1.807, 2.05) is 42.3 Å². The van der Waals surface area contributed by atoms with Gasteiger partial charge >= 0.3 is 0 Å². The third-order valence-corrected chi connectivity index (χ3v) is 2.98. The monoisotopic (exact) mass is 234 g/mol. The van der Waals surface area contributed by atoms with E-state index in [1.54, 1.807) is 5.01 Å². The first-order valence-electron chi connectivity index (χ1n) is 5.99. The lowest BCUT2D eigenvalue weighted by Crippen LogP contribution is -2.42. The first kappa shape index (κ1) is 11.9. The molecule has 1 saturated heterocycles. The number of aliphatic hydroxyl groups excluding tert-OH is 1. The van der Waals surface area contributed by atoms with E-state index in [0.717, 1.165) is 5.69 Å². The van der Waals surface area contributed by atoms with Crippen molar-refractivity contribution in [1.82, 2.24) is 5.01 Å². The van der Waals surface area contributed by atoms with E-state index in [1.165, 1.54) is 0 Å². The zero-order chi connectivity index (χ0) is 12.3. The van der Waals surface area contributed by atoms with E-state index in [-0.39, 0.29) is 18.6 Å². The molecule has 0 aromatic heterocycles. The van der Waals surface area contributed by atoms with Crippen molar-refractivity contribution in [3.63, 3.8) is 0 Å². The van der Waals surface area contributed by atoms with Crippen molar-refractivity contribution in [3.05, 3.63) is 30.3 Å². The number of benzene rings is 1. The lowest BCUT2D eigenvalue weighted by atomic mass is 10.2. The lowest BCUT2D eigenvalue weighted by molar-refractivity contribution is -0.128. The Morgan fingerprint density at radius 1 is 1.35 bits per heavy atom. The Morgan fingerprint density at radius 2 is 2.06 bits per heavy atom. The molecule has 1 aliphatic heterocycles. The second-order valence-electron chi connectivity index (χ2n) is 4.33. The summed E-state index contributed by atoms with van der Waals surface area (Å²) in [5.41, 5.74) is 1.03. The van der Waals surface area contributed by atoms with Crippen LogP contribution in [0.2, 0.25) is 0 Å². The minimum absolute atomic E-state index is 0.112. The summed E-state index contributed by atoms with van der Waals surface area (Å²) in [4.78, 5) is 11.9. The zero-order valence-electron chi connectivity index (χ0n) is 10.0. The molecule has 1 aromatic carbocycles. The number of amides is 1. The minimum Gasteiger partial charge on any atom is -0.396 e. The summed E-state index contributed by atoms with van der Waals surface area (Å²) in [6, 6.07) is 10.1. The number of hydrogen-bond donors (Lipinski definition) is 1. The van der Waals surface area contributed by atoms with Gasteiger partial charge < -0.3 is 5.11 Å². The predicted molar refractivity (Wildman–Crippen MR) is 66.4 cm³/mol. The maximum Gasteiger partial charge on any atom is 0.243 e. The van der Waals surface area contributed by atoms with E-state index in [4.69, 9.17) is 5.11 Å². The highest BCUT2D eigenvalue weighted by atomic mass is 16.3. The van der Waals surface area contributed by atoms with Gasteiger partial charge in [-0.05, 0) is 25.5 Å². The summed E-state index contributed by atoms with van der Waals surface area (Å²) < 4.78 is 0. The summed E-state index contributed by atoms with van der Waals surface area (Å²) in [5, 5.41) is 12.7. The lowest BCUT2D eigenvalue weighted by Gasteiger charge is -2.32. The Bertz CT molecular complexity index is 380. The van der Waals surface area contributed by atoms with Gasteiger partial charge in [0.2, 0.25) is 5.91 Å². The molecule has 92 valence electrons. The van der Waals surface area contributed by atoms with Gasteiger partial charge in [0.05, 0.1) is 18.2 Å². The maximum atomic E-state index is 11.9. The molecule has 17 heavy (non-hydrogen) atoms. The third-order valence-electron chi connectivity index (χ3n) is 2.98. The Labute approximate surface area is 101 Å². The van der Waals surface area contributed by atoms with Crippen LogP contribution >= 0.6 is 0 Å². The van der Waals surface area contributed by atoms with Crippen LogP contribution in [0.3, 0.4) is 0 Å². The maximum absolute atomic E-state index is 11.9. The molecule has 4 heteroatoms. The molecule has 0 saturated carbocycles. The van der Waals surface area contributed by atoms with Crippen LogP contribution in [-0.4, -0.2) is 35.2 Å². The van der Waals surface area contributed by atoms with E-state index < -0.39 is 0 Å². The Balaban J connectivity index is 2.20. The average Bonchev–Trinajstić information content (AvgIpc) is 2.62. The highest BCUT2D eigenvalue weighted by molar-refractivity contribution is 5.82. The van der Waals surface area contributed by atoms with Gasteiger partial charge in [0.15, 0.2) is 0 Å². The van der Waals surface area contributed by atoms with E-state index in [0.29, 0.717) is 19.4 Å². The largest absolute Gasteiger partial charge is 0.396 e. The van der Waals surface area contributed by atoms with Gasteiger partial charge in [-0.1, -0.05) is 18.2 Å². The molecule has 1 unspecified atom stereocenters. The standard InChI is InChI=1S/C13H18N2O2/c1-11-10-13(17)14(8-5-9-16)15(11)12-6-3-2-4-7-12/h2-4,6-7,11,16H,5,8-10H2,1H3. The molecule has 4 nitrogen and oxygen atoms in total. The van der Waals surface area contributed by atoms with Gasteiger partial charge in [0, 0.05) is 13.2 Å². The molecule has 0 radical (unpaired) electrons. The summed E-state index contributed by atoms with van der Waals surface area (Å²) in [5.74, 6) is 0.134. The fraction of sp³-hybridized carbons (Fsp3) is 0.462. The number of carbonyl (C=O) groups is 1. The minimum atomic E-state index is 0.112. The molecule has 1 N–H and O–H groups in total. The van der Waals surface area contributed by atoms with E-state index in [2.05, 4.69) is 0 Å². The van der Waals surface area contributed by atoms with Crippen molar-refractivity contribution in [1.29, 1.82) is 0 Å². The Hall–Kier alpha value is -1.55. The van der Waals surface area contributed by atoms with Crippen molar-refractivity contribution in [2.24, 2.45) is 0 Å². The molecule has 1 amide bonds. The van der Waals surface area contributed by atoms with Gasteiger partial charge in [0.25, 0.3) is 0 Å². The first-order chi connectivity index (χ1) is 8.24. The average molecular weight is 234 g/mol. The van der Waals surface area contributed by atoms with Crippen LogP contribution in [0.1, 0.15) is 19.8 Å². The van der Waals surface area contributed by atoms with Gasteiger partial charge in [-0.25, -0.2) is 0 Å². The first-order valence-corrected chi connectivity index (χ1v) is 5.99. The number of carbonyl (C=O) groups excluding carboxylic acids is 1. The van der Waals surface area contributed by atoms with Crippen LogP contribution in [0, 0.1) is 0 Å². The van der Waals surface area contributed by atoms with Crippen LogP contribution < -0.4 is 5.01 Å². The number of rotatable bonds is 4. The molecule has 0 spiro atoms. The normalized spacial score (nSPS) is 20.1. The van der Waals surface area contributed by atoms with Gasteiger partial charge in [-0.2, -0.15) is 0 Å². The van der Waals surface area contributed by atoms with Crippen molar-refractivity contribution in [2.75, 3.05) is 18.2 Å². The number of nitrogens with zero attached hydrogens (tertiary/aromatic N) is 2. The van der Waals surface area contributed by atoms with Gasteiger partial charge in [-0.3, -0.25) is 14.8 Å². The van der Waals surface area contributed by atoms with E-state index >= 15 is 0 Å². The molecule has 2 rings (SSSR count). The quantitative estimate of drug-likeness (QED) is 0.856. The van der Waals surface area contributed by atoms with Crippen molar-refractivity contribution >= 4 is 11.6 Å². The number of hydrazine groups is 1. The fourth-order valence-corrected chi connectivity index (χ4v) is 2.23. The molecular formula is C13H18N2O2. The predicted octanol–water partition coefficient (Wildman–Crippen LogP) is 1.41. The number of hydrogen-bond acceptors (Lipinski definition) is 3. The Kier molecular flexibility index (Phi) is 3.64. The van der Waals surface area contributed by atoms with E-state index in [9.17, 15) is 4.79 Å². The van der Waals surface area contributed by atoms with Crippen LogP contribution in [0.5, 0.6) is 0 Å². The molecule has 1 aliphatic rings. The summed E-state index contributed by atoms with van der Waals surface area (Å²) in [6.45, 7) is 2.74. The molecule has 1 fully saturated rings. The highest BCUT2D eigenvalue weighted by Gasteiger charge is 2.34. The van der Waals surface area contributed by atoms with Crippen molar-refractivity contribution in [2.45, 2.75) is 25.8 Å². The van der Waals surface area contributed by atoms with Crippen LogP contribution in [0.15, 0.2) is 30.3 Å². The molecule has 0 bridgehead atoms. The number of aliphatic hydroxyl groups is 1. The number of para-hydroxylation sites is 1. The fourth-order valence-electron chi connectivity index (χ4n) is 2.23. The summed E-state index contributed by atoms with van der Waals surface area (Å²) >= 11 is 0. The zero-order valence-corrected chi connectivity index (χ0v) is 10.0. The van der Waals surface area contributed by atoms with Gasteiger partial charge in [-0.15, -0.1) is 0 Å². The van der Waals surface area contributed by atoms with Crippen LogP contribution in [-0.2, 0) is 4.79 Å². The SMILES string of the molecule is CC1CC(=O)N(CCCO)N1c1ccccc1. The van der Waals surface area contributed by atoms with Gasteiger partial charge in [0.1, 0.15) is 0 Å². The molecule has 1 atom stereocenters. The molecule has 0 aliphatic carbocycles. The van der Waals surface area contributed by atoms with Crippen LogP contribution in [0.25, 0.3) is 0 Å². The molecular weight excluding hydrogens is 216 g/mol. The summed E-state index contributed by atoms with van der Waals surface area (Å²) in [6.07, 6.45) is 1.15. The van der Waals surface area contributed by atoms with Crippen molar-refractivity contribution in [3.8, 4) is 0 Å². The topological polar surface area (TPSA) is 43.8 Å². The summed E-state index contributed by atoms with van der Waals surface area (Å²) in [7, 11) is 0.